The molecule has 7 heteroatoms. The Bertz CT molecular complexity index is 981. The van der Waals surface area contributed by atoms with Crippen molar-refractivity contribution in [2.45, 2.75) is 19.9 Å². The summed E-state index contributed by atoms with van der Waals surface area (Å²) >= 11 is 6.25. The lowest BCUT2D eigenvalue weighted by Crippen LogP contribution is -2.28. The van der Waals surface area contributed by atoms with Crippen molar-refractivity contribution in [2.24, 2.45) is 7.05 Å². The lowest BCUT2D eigenvalue weighted by molar-refractivity contribution is -0.126. The lowest BCUT2D eigenvalue weighted by atomic mass is 10.2. The summed E-state index contributed by atoms with van der Waals surface area (Å²) in [5.74, 6) is -0.738. The summed E-state index contributed by atoms with van der Waals surface area (Å²) in [6.45, 7) is 2.14. The minimum absolute atomic E-state index is 0.206. The van der Waals surface area contributed by atoms with Gasteiger partial charge in [0.05, 0.1) is 22.8 Å². The van der Waals surface area contributed by atoms with Gasteiger partial charge in [0.15, 0.2) is 0 Å². The van der Waals surface area contributed by atoms with Gasteiger partial charge in [-0.3, -0.25) is 14.3 Å². The zero-order chi connectivity index (χ0) is 18.7. The average molecular weight is 371 g/mol. The molecule has 0 unspecified atom stereocenters. The quantitative estimate of drug-likeness (QED) is 0.677. The monoisotopic (exact) mass is 370 g/mol. The number of nitrogens with zero attached hydrogens (tertiary/aromatic N) is 2. The van der Waals surface area contributed by atoms with Crippen LogP contribution in [0.15, 0.2) is 42.5 Å². The Hall–Kier alpha value is -2.86. The van der Waals surface area contributed by atoms with Crippen molar-refractivity contribution in [3.8, 4) is 0 Å². The van der Waals surface area contributed by atoms with Crippen LogP contribution in [-0.2, 0) is 23.2 Å². The Morgan fingerprint density at radius 2 is 1.92 bits per heavy atom. The van der Waals surface area contributed by atoms with Crippen molar-refractivity contribution in [1.29, 1.82) is 0 Å². The molecule has 0 atom stereocenters. The third-order valence-corrected chi connectivity index (χ3v) is 4.29. The van der Waals surface area contributed by atoms with Crippen molar-refractivity contribution in [1.82, 2.24) is 15.1 Å². The van der Waals surface area contributed by atoms with Gasteiger partial charge in [0.25, 0.3) is 0 Å². The summed E-state index contributed by atoms with van der Waals surface area (Å²) < 4.78 is 1.72. The number of benzene rings is 2. The minimum Gasteiger partial charge on any atom is -0.350 e. The predicted octanol–water partition coefficient (Wildman–Crippen LogP) is 3.18. The van der Waals surface area contributed by atoms with Gasteiger partial charge in [0.2, 0.25) is 11.8 Å². The molecule has 0 aliphatic carbocycles. The van der Waals surface area contributed by atoms with Crippen molar-refractivity contribution in [2.75, 3.05) is 5.32 Å². The molecule has 0 aliphatic heterocycles. The summed E-state index contributed by atoms with van der Waals surface area (Å²) in [5.41, 5.74) is 3.26. The minimum atomic E-state index is -0.374. The maximum atomic E-state index is 12.1. The van der Waals surface area contributed by atoms with Crippen LogP contribution >= 0.6 is 11.6 Å². The molecule has 1 heterocycles. The van der Waals surface area contributed by atoms with Crippen LogP contribution < -0.4 is 10.6 Å². The number of halogens is 1. The maximum Gasteiger partial charge on any atom is 0.233 e. The molecule has 0 saturated heterocycles. The number of carbonyl (C=O) groups is 2. The molecule has 1 aromatic heterocycles. The fraction of sp³-hybridized carbons (Fsp3) is 0.211. The molecule has 134 valence electrons. The number of rotatable bonds is 5. The van der Waals surface area contributed by atoms with Gasteiger partial charge in [-0.15, -0.1) is 0 Å². The first kappa shape index (κ1) is 17.9. The molecule has 0 aliphatic rings. The topological polar surface area (TPSA) is 76.0 Å². The van der Waals surface area contributed by atoms with Gasteiger partial charge < -0.3 is 10.6 Å². The molecule has 3 aromatic rings. The van der Waals surface area contributed by atoms with Crippen molar-refractivity contribution in [3.63, 3.8) is 0 Å². The van der Waals surface area contributed by atoms with Gasteiger partial charge in [0, 0.05) is 18.1 Å². The van der Waals surface area contributed by atoms with Crippen molar-refractivity contribution >= 4 is 40.0 Å². The zero-order valence-electron chi connectivity index (χ0n) is 14.5. The Morgan fingerprint density at radius 3 is 2.69 bits per heavy atom. The lowest BCUT2D eigenvalue weighted by Gasteiger charge is -2.07. The summed E-state index contributed by atoms with van der Waals surface area (Å²) in [6, 6.07) is 13.0. The number of nitrogens with one attached hydrogen (secondary N) is 2. The fourth-order valence-corrected chi connectivity index (χ4v) is 3.07. The van der Waals surface area contributed by atoms with Crippen LogP contribution in [0.2, 0.25) is 5.02 Å². The summed E-state index contributed by atoms with van der Waals surface area (Å²) in [7, 11) is 1.82. The number of fused-ring (bicyclic) bond motifs is 1. The van der Waals surface area contributed by atoms with Crippen LogP contribution in [-0.4, -0.2) is 21.6 Å². The number of anilines is 1. The normalized spacial score (nSPS) is 10.7. The summed E-state index contributed by atoms with van der Waals surface area (Å²) in [4.78, 5) is 24.1. The second kappa shape index (κ2) is 7.58. The van der Waals surface area contributed by atoms with E-state index in [1.807, 2.05) is 44.3 Å². The molecule has 0 radical (unpaired) electrons. The number of carbonyl (C=O) groups excluding carboxylic acids is 2. The highest BCUT2D eigenvalue weighted by atomic mass is 35.5. The van der Waals surface area contributed by atoms with Crippen LogP contribution in [0.4, 0.5) is 5.69 Å². The molecule has 0 spiro atoms. The molecule has 3 rings (SSSR count). The molecular formula is C19H19ClN4O2. The Labute approximate surface area is 156 Å². The molecule has 2 N–H and O–H groups in total. The number of hydrogen-bond donors (Lipinski definition) is 2. The standard InChI is InChI=1S/C19H19ClN4O2/c1-12-5-3-6-13(9-12)22-18(26)10-17(25)21-11-15-19-14(20)7-4-8-16(19)24(2)23-15/h3-9H,10-11H2,1-2H3,(H,21,25)(H,22,26). The largest absolute Gasteiger partial charge is 0.350 e. The van der Waals surface area contributed by atoms with E-state index in [1.165, 1.54) is 0 Å². The molecule has 0 fully saturated rings. The highest BCUT2D eigenvalue weighted by Crippen LogP contribution is 2.26. The van der Waals surface area contributed by atoms with Crippen LogP contribution in [0.1, 0.15) is 17.7 Å². The second-order valence-corrected chi connectivity index (χ2v) is 6.48. The molecule has 2 aromatic carbocycles. The van der Waals surface area contributed by atoms with Gasteiger partial charge in [0.1, 0.15) is 6.42 Å². The molecule has 0 saturated carbocycles. The number of amides is 2. The van der Waals surface area contributed by atoms with Gasteiger partial charge in [-0.2, -0.15) is 5.10 Å². The first-order valence-electron chi connectivity index (χ1n) is 8.17. The van der Waals surface area contributed by atoms with Crippen molar-refractivity contribution < 1.29 is 9.59 Å². The highest BCUT2D eigenvalue weighted by Gasteiger charge is 2.14. The SMILES string of the molecule is Cc1cccc(NC(=O)CC(=O)NCc2nn(C)c3cccc(Cl)c23)c1. The predicted molar refractivity (Wildman–Crippen MR) is 102 cm³/mol. The number of aromatic nitrogens is 2. The fourth-order valence-electron chi connectivity index (χ4n) is 2.80. The van der Waals surface area contributed by atoms with Gasteiger partial charge >= 0.3 is 0 Å². The van der Waals surface area contributed by atoms with E-state index < -0.39 is 0 Å². The van der Waals surface area contributed by atoms with Crippen molar-refractivity contribution in [3.05, 3.63) is 58.7 Å². The Balaban J connectivity index is 1.60. The van der Waals surface area contributed by atoms with E-state index in [0.717, 1.165) is 16.5 Å². The second-order valence-electron chi connectivity index (χ2n) is 6.08. The van der Waals surface area contributed by atoms with E-state index in [0.29, 0.717) is 16.4 Å². The zero-order valence-corrected chi connectivity index (χ0v) is 15.3. The molecule has 6 nitrogen and oxygen atoms in total. The Morgan fingerprint density at radius 1 is 1.15 bits per heavy atom. The van der Waals surface area contributed by atoms with Crippen LogP contribution in [0.5, 0.6) is 0 Å². The summed E-state index contributed by atoms with van der Waals surface area (Å²) in [5, 5.41) is 11.2. The molecule has 0 bridgehead atoms. The number of aryl methyl sites for hydroxylation is 2. The third-order valence-electron chi connectivity index (χ3n) is 3.98. The first-order valence-corrected chi connectivity index (χ1v) is 8.55. The van der Waals surface area contributed by atoms with E-state index in [4.69, 9.17) is 11.6 Å². The smallest absolute Gasteiger partial charge is 0.233 e. The van der Waals surface area contributed by atoms with E-state index >= 15 is 0 Å². The Kier molecular flexibility index (Phi) is 5.23. The van der Waals surface area contributed by atoms with Crippen LogP contribution in [0.3, 0.4) is 0 Å². The van der Waals surface area contributed by atoms with Crippen LogP contribution in [0.25, 0.3) is 10.9 Å². The molecule has 26 heavy (non-hydrogen) atoms. The van der Waals surface area contributed by atoms with E-state index in [1.54, 1.807) is 16.8 Å². The van der Waals surface area contributed by atoms with E-state index in [2.05, 4.69) is 15.7 Å². The van der Waals surface area contributed by atoms with Gasteiger partial charge in [-0.05, 0) is 36.8 Å². The highest BCUT2D eigenvalue weighted by molar-refractivity contribution is 6.35. The van der Waals surface area contributed by atoms with Gasteiger partial charge in [-0.1, -0.05) is 29.8 Å². The first-order chi connectivity index (χ1) is 12.4. The third kappa shape index (κ3) is 4.03. The average Bonchev–Trinajstić information content (AvgIpc) is 2.90. The maximum absolute atomic E-state index is 12.1. The van der Waals surface area contributed by atoms with E-state index in [9.17, 15) is 9.59 Å². The molecular weight excluding hydrogens is 352 g/mol. The summed E-state index contributed by atoms with van der Waals surface area (Å²) in [6.07, 6.45) is -0.257. The number of hydrogen-bond acceptors (Lipinski definition) is 3. The molecule has 2 amide bonds. The van der Waals surface area contributed by atoms with Gasteiger partial charge in [-0.25, -0.2) is 0 Å². The van der Waals surface area contributed by atoms with Crippen LogP contribution in [0, 0.1) is 6.92 Å². The van der Waals surface area contributed by atoms with E-state index in [-0.39, 0.29) is 24.8 Å².